The summed E-state index contributed by atoms with van der Waals surface area (Å²) >= 11 is 0. The maximum atomic E-state index is 12.3. The maximum absolute atomic E-state index is 12.3. The molecule has 0 aromatic heterocycles. The van der Waals surface area contributed by atoms with Crippen LogP contribution in [-0.4, -0.2) is 42.3 Å². The van der Waals surface area contributed by atoms with Crippen molar-refractivity contribution in [2.45, 2.75) is 58.3 Å². The summed E-state index contributed by atoms with van der Waals surface area (Å²) in [7, 11) is 0. The van der Waals surface area contributed by atoms with E-state index < -0.39 is 0 Å². The van der Waals surface area contributed by atoms with Crippen LogP contribution in [-0.2, 0) is 9.53 Å². The molecule has 4 unspecified atom stereocenters. The van der Waals surface area contributed by atoms with Gasteiger partial charge in [-0.25, -0.2) is 0 Å². The van der Waals surface area contributed by atoms with Gasteiger partial charge in [0.15, 0.2) is 0 Å². The number of amides is 1. The first-order valence-corrected chi connectivity index (χ1v) is 6.85. The first-order chi connectivity index (χ1) is 8.19. The molecule has 2 fully saturated rings. The summed E-state index contributed by atoms with van der Waals surface area (Å²) in [6, 6.07) is 0.309. The van der Waals surface area contributed by atoms with Gasteiger partial charge in [-0.3, -0.25) is 10.1 Å². The van der Waals surface area contributed by atoms with Crippen LogP contribution in [0.5, 0.6) is 0 Å². The van der Waals surface area contributed by atoms with E-state index in [0.717, 1.165) is 32.5 Å². The Labute approximate surface area is 104 Å². The van der Waals surface area contributed by atoms with E-state index in [1.54, 1.807) is 0 Å². The van der Waals surface area contributed by atoms with Gasteiger partial charge in [0.2, 0.25) is 5.91 Å². The lowest BCUT2D eigenvalue weighted by atomic mass is 9.98. The van der Waals surface area contributed by atoms with E-state index in [1.807, 2.05) is 0 Å². The van der Waals surface area contributed by atoms with E-state index in [0.29, 0.717) is 12.0 Å². The molecule has 4 atom stereocenters. The van der Waals surface area contributed by atoms with Crippen molar-refractivity contribution >= 4 is 5.91 Å². The van der Waals surface area contributed by atoms with Crippen LogP contribution in [0.3, 0.4) is 0 Å². The number of nitrogens with zero attached hydrogens (tertiary/aromatic N) is 1. The van der Waals surface area contributed by atoms with Crippen LogP contribution in [0.4, 0.5) is 0 Å². The van der Waals surface area contributed by atoms with E-state index >= 15 is 0 Å². The van der Waals surface area contributed by atoms with Crippen LogP contribution < -0.4 is 5.32 Å². The first kappa shape index (κ1) is 12.8. The zero-order valence-corrected chi connectivity index (χ0v) is 11.1. The molecule has 2 aliphatic heterocycles. The molecular formula is C13H24N2O2. The summed E-state index contributed by atoms with van der Waals surface area (Å²) in [4.78, 5) is 14.4. The van der Waals surface area contributed by atoms with Crippen molar-refractivity contribution in [1.82, 2.24) is 10.2 Å². The quantitative estimate of drug-likeness (QED) is 0.806. The van der Waals surface area contributed by atoms with Crippen molar-refractivity contribution in [3.63, 3.8) is 0 Å². The van der Waals surface area contributed by atoms with Gasteiger partial charge < -0.3 is 9.64 Å². The average Bonchev–Trinajstić information content (AvgIpc) is 2.95. The summed E-state index contributed by atoms with van der Waals surface area (Å²) < 4.78 is 5.44. The van der Waals surface area contributed by atoms with Crippen LogP contribution in [0.15, 0.2) is 0 Å². The zero-order valence-electron chi connectivity index (χ0n) is 11.1. The van der Waals surface area contributed by atoms with E-state index in [1.165, 1.54) is 0 Å². The lowest BCUT2D eigenvalue weighted by Gasteiger charge is -2.33. The highest BCUT2D eigenvalue weighted by Crippen LogP contribution is 2.26. The third-order valence-electron chi connectivity index (χ3n) is 4.16. The van der Waals surface area contributed by atoms with Crippen molar-refractivity contribution in [1.29, 1.82) is 0 Å². The number of carbonyl (C=O) groups excluding carboxylic acids is 1. The summed E-state index contributed by atoms with van der Waals surface area (Å²) in [5, 5.41) is 3.43. The Balaban J connectivity index is 2.08. The molecule has 4 heteroatoms. The van der Waals surface area contributed by atoms with E-state index in [4.69, 9.17) is 4.74 Å². The zero-order chi connectivity index (χ0) is 12.4. The van der Waals surface area contributed by atoms with Gasteiger partial charge in [-0.2, -0.15) is 0 Å². The molecule has 0 saturated carbocycles. The maximum Gasteiger partial charge on any atom is 0.241 e. The highest BCUT2D eigenvalue weighted by atomic mass is 16.5. The number of hydrogen-bond donors (Lipinski definition) is 1. The summed E-state index contributed by atoms with van der Waals surface area (Å²) in [5.41, 5.74) is 0. The number of carbonyl (C=O) groups is 1. The molecule has 4 nitrogen and oxygen atoms in total. The fraction of sp³-hybridized carbons (Fsp3) is 0.923. The normalized spacial score (nSPS) is 35.6. The molecule has 0 spiro atoms. The fourth-order valence-corrected chi connectivity index (χ4v) is 2.97. The molecule has 0 bridgehead atoms. The number of ether oxygens (including phenoxy) is 1. The highest BCUT2D eigenvalue weighted by Gasteiger charge is 2.42. The van der Waals surface area contributed by atoms with Gasteiger partial charge in [-0.15, -0.1) is 0 Å². The Morgan fingerprint density at radius 2 is 2.24 bits per heavy atom. The molecule has 17 heavy (non-hydrogen) atoms. The van der Waals surface area contributed by atoms with Crippen molar-refractivity contribution in [2.24, 2.45) is 5.92 Å². The van der Waals surface area contributed by atoms with Gasteiger partial charge in [0.25, 0.3) is 0 Å². The third-order valence-corrected chi connectivity index (χ3v) is 4.16. The summed E-state index contributed by atoms with van der Waals surface area (Å²) in [6.07, 6.45) is 3.14. The molecule has 2 aliphatic rings. The minimum absolute atomic E-state index is 0.0183. The number of rotatable bonds is 4. The second-order valence-electron chi connectivity index (χ2n) is 5.16. The van der Waals surface area contributed by atoms with E-state index in [-0.39, 0.29) is 18.1 Å². The van der Waals surface area contributed by atoms with Gasteiger partial charge in [0.05, 0.1) is 18.8 Å². The molecule has 0 aliphatic carbocycles. The minimum Gasteiger partial charge on any atom is -0.381 e. The lowest BCUT2D eigenvalue weighted by molar-refractivity contribution is -0.133. The monoisotopic (exact) mass is 240 g/mol. The van der Waals surface area contributed by atoms with Crippen molar-refractivity contribution < 1.29 is 9.53 Å². The highest BCUT2D eigenvalue weighted by molar-refractivity contribution is 5.84. The van der Waals surface area contributed by atoms with Gasteiger partial charge in [-0.1, -0.05) is 13.8 Å². The Morgan fingerprint density at radius 3 is 2.76 bits per heavy atom. The third kappa shape index (κ3) is 2.33. The van der Waals surface area contributed by atoms with Crippen molar-refractivity contribution in [3.8, 4) is 0 Å². The second kappa shape index (κ2) is 5.36. The van der Waals surface area contributed by atoms with Crippen LogP contribution in [0.2, 0.25) is 0 Å². The second-order valence-corrected chi connectivity index (χ2v) is 5.16. The average molecular weight is 240 g/mol. The molecule has 2 saturated heterocycles. The summed E-state index contributed by atoms with van der Waals surface area (Å²) in [6.45, 7) is 8.01. The Kier molecular flexibility index (Phi) is 4.05. The molecule has 2 heterocycles. The predicted molar refractivity (Wildman–Crippen MR) is 66.5 cm³/mol. The Morgan fingerprint density at radius 1 is 1.47 bits per heavy atom. The molecule has 1 N–H and O–H groups in total. The van der Waals surface area contributed by atoms with Gasteiger partial charge >= 0.3 is 0 Å². The van der Waals surface area contributed by atoms with Crippen molar-refractivity contribution in [2.75, 3.05) is 13.2 Å². The molecule has 0 radical (unpaired) electrons. The molecule has 0 aromatic carbocycles. The van der Waals surface area contributed by atoms with E-state index in [9.17, 15) is 4.79 Å². The standard InChI is InChI=1S/C13H24N2O2/c1-4-11-13(16)15(12(5-2)14-11)9(3)10-6-7-17-8-10/h9-12,14H,4-8H2,1-3H3. The topological polar surface area (TPSA) is 41.6 Å². The fourth-order valence-electron chi connectivity index (χ4n) is 2.97. The molecule has 1 amide bonds. The van der Waals surface area contributed by atoms with Gasteiger partial charge in [0, 0.05) is 18.6 Å². The Bertz CT molecular complexity index is 277. The van der Waals surface area contributed by atoms with Gasteiger partial charge in [-0.05, 0) is 26.2 Å². The predicted octanol–water partition coefficient (Wildman–Crippen LogP) is 1.36. The largest absolute Gasteiger partial charge is 0.381 e. The minimum atomic E-state index is 0.0183. The van der Waals surface area contributed by atoms with E-state index in [2.05, 4.69) is 31.0 Å². The number of hydrogen-bond acceptors (Lipinski definition) is 3. The van der Waals surface area contributed by atoms with Crippen molar-refractivity contribution in [3.05, 3.63) is 0 Å². The first-order valence-electron chi connectivity index (χ1n) is 6.85. The summed E-state index contributed by atoms with van der Waals surface area (Å²) in [5.74, 6) is 0.782. The lowest BCUT2D eigenvalue weighted by Crippen LogP contribution is -2.46. The van der Waals surface area contributed by atoms with Crippen LogP contribution in [0.1, 0.15) is 40.0 Å². The van der Waals surface area contributed by atoms with Gasteiger partial charge in [0.1, 0.15) is 0 Å². The Hall–Kier alpha value is -0.610. The van der Waals surface area contributed by atoms with Crippen LogP contribution >= 0.6 is 0 Å². The smallest absolute Gasteiger partial charge is 0.241 e. The van der Waals surface area contributed by atoms with Crippen LogP contribution in [0, 0.1) is 5.92 Å². The SMILES string of the molecule is CCC1NC(CC)N(C(C)C2CCOC2)C1=O. The van der Waals surface area contributed by atoms with Crippen LogP contribution in [0.25, 0.3) is 0 Å². The molecule has 2 rings (SSSR count). The number of nitrogens with one attached hydrogen (secondary N) is 1. The molecule has 98 valence electrons. The molecule has 0 aromatic rings. The molecular weight excluding hydrogens is 216 g/mol.